The van der Waals surface area contributed by atoms with E-state index >= 15 is 0 Å². The molecule has 96 valence electrons. The lowest BCUT2D eigenvalue weighted by Gasteiger charge is -2.29. The Bertz CT molecular complexity index is 386. The summed E-state index contributed by atoms with van der Waals surface area (Å²) in [5, 5.41) is 10.5. The van der Waals surface area contributed by atoms with E-state index in [2.05, 4.69) is 32.7 Å². The van der Waals surface area contributed by atoms with Gasteiger partial charge in [-0.15, -0.1) is 0 Å². The number of aryl methyl sites for hydroxylation is 1. The van der Waals surface area contributed by atoms with Crippen molar-refractivity contribution in [2.24, 2.45) is 11.8 Å². The van der Waals surface area contributed by atoms with E-state index in [4.69, 9.17) is 0 Å². The minimum Gasteiger partial charge on any atom is -0.387 e. The second-order valence-electron chi connectivity index (χ2n) is 5.88. The van der Waals surface area contributed by atoms with Gasteiger partial charge in [-0.1, -0.05) is 19.8 Å². The zero-order valence-electron chi connectivity index (χ0n) is 11.5. The van der Waals surface area contributed by atoms with Gasteiger partial charge in [-0.2, -0.15) is 0 Å². The first-order valence-electron chi connectivity index (χ1n) is 6.84. The highest BCUT2D eigenvalue weighted by atomic mass is 16.3. The predicted octanol–water partition coefficient (Wildman–Crippen LogP) is 3.80. The van der Waals surface area contributed by atoms with Crippen molar-refractivity contribution in [1.29, 1.82) is 0 Å². The summed E-state index contributed by atoms with van der Waals surface area (Å²) in [6, 6.07) is 0. The number of aromatic amines is 1. The van der Waals surface area contributed by atoms with Gasteiger partial charge in [0.05, 0.1) is 6.10 Å². The summed E-state index contributed by atoms with van der Waals surface area (Å²) in [6.45, 7) is 8.64. The van der Waals surface area contributed by atoms with Crippen LogP contribution in [0.4, 0.5) is 0 Å². The van der Waals surface area contributed by atoms with Gasteiger partial charge in [-0.25, -0.2) is 0 Å². The van der Waals surface area contributed by atoms with Crippen LogP contribution in [0.1, 0.15) is 61.2 Å². The fourth-order valence-corrected chi connectivity index (χ4v) is 3.01. The van der Waals surface area contributed by atoms with E-state index in [1.807, 2.05) is 0 Å². The third-order valence-electron chi connectivity index (χ3n) is 4.65. The molecular weight excluding hydrogens is 210 g/mol. The minimum absolute atomic E-state index is 0.296. The van der Waals surface area contributed by atoms with E-state index in [0.29, 0.717) is 5.92 Å². The molecule has 0 saturated heterocycles. The van der Waals surface area contributed by atoms with Crippen LogP contribution in [0.5, 0.6) is 0 Å². The highest BCUT2D eigenvalue weighted by molar-refractivity contribution is 5.35. The van der Waals surface area contributed by atoms with Gasteiger partial charge in [0.25, 0.3) is 0 Å². The van der Waals surface area contributed by atoms with Crippen LogP contribution in [-0.2, 0) is 0 Å². The van der Waals surface area contributed by atoms with Gasteiger partial charge in [0, 0.05) is 11.4 Å². The van der Waals surface area contributed by atoms with E-state index in [-0.39, 0.29) is 6.10 Å². The van der Waals surface area contributed by atoms with Gasteiger partial charge in [0.15, 0.2) is 0 Å². The van der Waals surface area contributed by atoms with Gasteiger partial charge in [-0.3, -0.25) is 0 Å². The third-order valence-corrected chi connectivity index (χ3v) is 4.65. The Balaban J connectivity index is 2.14. The summed E-state index contributed by atoms with van der Waals surface area (Å²) in [5.74, 6) is 1.29. The first-order valence-corrected chi connectivity index (χ1v) is 6.84. The Morgan fingerprint density at radius 3 is 2.12 bits per heavy atom. The van der Waals surface area contributed by atoms with Crippen molar-refractivity contribution >= 4 is 0 Å². The Labute approximate surface area is 104 Å². The lowest BCUT2D eigenvalue weighted by atomic mass is 9.79. The van der Waals surface area contributed by atoms with Gasteiger partial charge in [-0.05, 0) is 56.6 Å². The average Bonchev–Trinajstić information content (AvgIpc) is 2.57. The van der Waals surface area contributed by atoms with E-state index in [0.717, 1.165) is 11.6 Å². The van der Waals surface area contributed by atoms with Crippen molar-refractivity contribution in [2.75, 3.05) is 0 Å². The molecule has 17 heavy (non-hydrogen) atoms. The second kappa shape index (κ2) is 4.85. The molecule has 2 nitrogen and oxygen atoms in total. The summed E-state index contributed by atoms with van der Waals surface area (Å²) in [4.78, 5) is 3.37. The zero-order valence-corrected chi connectivity index (χ0v) is 11.5. The Hall–Kier alpha value is -0.760. The SMILES string of the molecule is Cc1[nH]c(C(O)C2CCC(C)CC2)c(C)c1C. The molecule has 1 aliphatic carbocycles. The Morgan fingerprint density at radius 2 is 1.65 bits per heavy atom. The fourth-order valence-electron chi connectivity index (χ4n) is 3.01. The normalized spacial score (nSPS) is 27.1. The Kier molecular flexibility index (Phi) is 3.62. The number of hydrogen-bond donors (Lipinski definition) is 2. The maximum atomic E-state index is 10.5. The lowest BCUT2D eigenvalue weighted by molar-refractivity contribution is 0.0719. The van der Waals surface area contributed by atoms with Crippen molar-refractivity contribution in [1.82, 2.24) is 4.98 Å². The van der Waals surface area contributed by atoms with Gasteiger partial charge in [0.1, 0.15) is 0 Å². The largest absolute Gasteiger partial charge is 0.387 e. The van der Waals surface area contributed by atoms with Gasteiger partial charge >= 0.3 is 0 Å². The summed E-state index contributed by atoms with van der Waals surface area (Å²) >= 11 is 0. The molecule has 2 N–H and O–H groups in total. The minimum atomic E-state index is -0.296. The number of aromatic nitrogens is 1. The molecule has 1 atom stereocenters. The van der Waals surface area contributed by atoms with Gasteiger partial charge < -0.3 is 10.1 Å². The molecule has 1 saturated carbocycles. The van der Waals surface area contributed by atoms with Crippen LogP contribution in [0.2, 0.25) is 0 Å². The first-order chi connectivity index (χ1) is 8.00. The van der Waals surface area contributed by atoms with E-state index in [9.17, 15) is 5.11 Å². The number of rotatable bonds is 2. The van der Waals surface area contributed by atoms with Crippen LogP contribution < -0.4 is 0 Å². The van der Waals surface area contributed by atoms with E-state index in [1.54, 1.807) is 0 Å². The zero-order chi connectivity index (χ0) is 12.6. The second-order valence-corrected chi connectivity index (χ2v) is 5.88. The van der Waals surface area contributed by atoms with Crippen LogP contribution in [0, 0.1) is 32.6 Å². The molecule has 0 aromatic carbocycles. The summed E-state index contributed by atoms with van der Waals surface area (Å²) in [6.07, 6.45) is 4.56. The van der Waals surface area contributed by atoms with E-state index < -0.39 is 0 Å². The number of nitrogens with one attached hydrogen (secondary N) is 1. The monoisotopic (exact) mass is 235 g/mol. The van der Waals surface area contributed by atoms with Crippen LogP contribution in [0.3, 0.4) is 0 Å². The number of aliphatic hydroxyl groups excluding tert-OH is 1. The highest BCUT2D eigenvalue weighted by Crippen LogP contribution is 2.37. The van der Waals surface area contributed by atoms with Crippen LogP contribution in [-0.4, -0.2) is 10.1 Å². The summed E-state index contributed by atoms with van der Waals surface area (Å²) in [5.41, 5.74) is 4.79. The summed E-state index contributed by atoms with van der Waals surface area (Å²) < 4.78 is 0. The van der Waals surface area contributed by atoms with Crippen molar-refractivity contribution < 1.29 is 5.11 Å². The predicted molar refractivity (Wildman–Crippen MR) is 71.1 cm³/mol. The molecule has 0 spiro atoms. The van der Waals surface area contributed by atoms with Gasteiger partial charge in [0.2, 0.25) is 0 Å². The number of H-pyrrole nitrogens is 1. The number of aliphatic hydroxyl groups is 1. The quantitative estimate of drug-likeness (QED) is 0.803. The molecule has 2 rings (SSSR count). The maximum Gasteiger partial charge on any atom is 0.0968 e. The van der Waals surface area contributed by atoms with Crippen LogP contribution >= 0.6 is 0 Å². The molecule has 1 fully saturated rings. The molecular formula is C15H25NO. The standard InChI is InChI=1S/C15H25NO/c1-9-5-7-13(8-6-9)15(17)14-11(3)10(2)12(4)16-14/h9,13,15-17H,5-8H2,1-4H3. The molecule has 2 heteroatoms. The molecule has 0 bridgehead atoms. The molecule has 1 unspecified atom stereocenters. The molecule has 0 amide bonds. The van der Waals surface area contributed by atoms with Crippen molar-refractivity contribution in [3.8, 4) is 0 Å². The topological polar surface area (TPSA) is 36.0 Å². The summed E-state index contributed by atoms with van der Waals surface area (Å²) in [7, 11) is 0. The molecule has 0 aliphatic heterocycles. The first kappa shape index (κ1) is 12.7. The molecule has 1 aromatic heterocycles. The molecule has 0 radical (unpaired) electrons. The van der Waals surface area contributed by atoms with Crippen molar-refractivity contribution in [3.05, 3.63) is 22.5 Å². The smallest absolute Gasteiger partial charge is 0.0968 e. The lowest BCUT2D eigenvalue weighted by Crippen LogP contribution is -2.20. The van der Waals surface area contributed by atoms with Crippen molar-refractivity contribution in [2.45, 2.75) is 59.5 Å². The maximum absolute atomic E-state index is 10.5. The molecule has 1 aliphatic rings. The Morgan fingerprint density at radius 1 is 1.06 bits per heavy atom. The fraction of sp³-hybridized carbons (Fsp3) is 0.733. The average molecular weight is 235 g/mol. The highest BCUT2D eigenvalue weighted by Gasteiger charge is 2.28. The van der Waals surface area contributed by atoms with Crippen molar-refractivity contribution in [3.63, 3.8) is 0 Å². The molecule has 1 heterocycles. The third kappa shape index (κ3) is 2.42. The van der Waals surface area contributed by atoms with Crippen LogP contribution in [0.15, 0.2) is 0 Å². The number of hydrogen-bond acceptors (Lipinski definition) is 1. The van der Waals surface area contributed by atoms with E-state index in [1.165, 1.54) is 42.5 Å². The van der Waals surface area contributed by atoms with Crippen LogP contribution in [0.25, 0.3) is 0 Å². The molecule has 1 aromatic rings.